The Morgan fingerprint density at radius 3 is 2.50 bits per heavy atom. The Kier molecular flexibility index (Phi) is 6.92. The van der Waals surface area contributed by atoms with Crippen molar-refractivity contribution in [3.63, 3.8) is 0 Å². The highest BCUT2D eigenvalue weighted by Crippen LogP contribution is 2.34. The molecule has 6 rings (SSSR count). The van der Waals surface area contributed by atoms with Gasteiger partial charge in [0, 0.05) is 65.9 Å². The Balaban J connectivity index is 1.12. The zero-order valence-corrected chi connectivity index (χ0v) is 22.6. The number of amides is 1. The van der Waals surface area contributed by atoms with Crippen molar-refractivity contribution in [2.24, 2.45) is 0 Å². The maximum atomic E-state index is 12.7. The van der Waals surface area contributed by atoms with Crippen molar-refractivity contribution in [1.29, 1.82) is 0 Å². The Morgan fingerprint density at radius 2 is 1.75 bits per heavy atom. The van der Waals surface area contributed by atoms with Gasteiger partial charge in [-0.1, -0.05) is 17.7 Å². The smallest absolute Gasteiger partial charge is 0.272 e. The van der Waals surface area contributed by atoms with Crippen molar-refractivity contribution >= 4 is 45.7 Å². The van der Waals surface area contributed by atoms with Gasteiger partial charge in [-0.2, -0.15) is 0 Å². The SMILES string of the molecule is Cc1cc(-c2cc(O)ccc2Cl)cc2cnc(Nc3ccc(N4CCN(C(=O)c5ccccn5)CC4)cc3)nc12. The highest BCUT2D eigenvalue weighted by molar-refractivity contribution is 6.33. The summed E-state index contributed by atoms with van der Waals surface area (Å²) in [6.07, 6.45) is 3.44. The van der Waals surface area contributed by atoms with E-state index in [-0.39, 0.29) is 11.7 Å². The van der Waals surface area contributed by atoms with Crippen molar-refractivity contribution in [2.75, 3.05) is 36.4 Å². The van der Waals surface area contributed by atoms with Crippen LogP contribution in [0.2, 0.25) is 5.02 Å². The molecule has 1 aliphatic heterocycles. The second-order valence-electron chi connectivity index (χ2n) is 9.75. The van der Waals surface area contributed by atoms with Crippen LogP contribution in [-0.4, -0.2) is 57.0 Å². The molecule has 0 unspecified atom stereocenters. The lowest BCUT2D eigenvalue weighted by Gasteiger charge is -2.36. The summed E-state index contributed by atoms with van der Waals surface area (Å²) < 4.78 is 0. The zero-order valence-electron chi connectivity index (χ0n) is 21.9. The van der Waals surface area contributed by atoms with E-state index in [1.165, 1.54) is 0 Å². The number of carbonyl (C=O) groups excluding carboxylic acids is 1. The van der Waals surface area contributed by atoms with Crippen LogP contribution in [0.5, 0.6) is 5.75 Å². The lowest BCUT2D eigenvalue weighted by atomic mass is 10.0. The van der Waals surface area contributed by atoms with Crippen molar-refractivity contribution in [1.82, 2.24) is 19.9 Å². The molecule has 1 fully saturated rings. The third-order valence-corrected chi connectivity index (χ3v) is 7.40. The van der Waals surface area contributed by atoms with Crippen LogP contribution < -0.4 is 10.2 Å². The van der Waals surface area contributed by atoms with E-state index in [0.29, 0.717) is 29.8 Å². The third-order valence-electron chi connectivity index (χ3n) is 7.07. The Morgan fingerprint density at radius 1 is 0.950 bits per heavy atom. The monoisotopic (exact) mass is 550 g/mol. The summed E-state index contributed by atoms with van der Waals surface area (Å²) in [5, 5.41) is 14.7. The average molecular weight is 551 g/mol. The molecule has 0 saturated carbocycles. The largest absolute Gasteiger partial charge is 0.508 e. The van der Waals surface area contributed by atoms with Gasteiger partial charge < -0.3 is 20.2 Å². The summed E-state index contributed by atoms with van der Waals surface area (Å²) in [6, 6.07) is 22.5. The fourth-order valence-electron chi connectivity index (χ4n) is 4.98. The molecule has 2 N–H and O–H groups in total. The topological polar surface area (TPSA) is 94.5 Å². The lowest BCUT2D eigenvalue weighted by Crippen LogP contribution is -2.49. The van der Waals surface area contributed by atoms with Crippen LogP contribution in [0, 0.1) is 6.92 Å². The van der Waals surface area contributed by atoms with E-state index < -0.39 is 0 Å². The molecule has 0 aliphatic carbocycles. The molecule has 3 aromatic carbocycles. The molecule has 2 aromatic heterocycles. The number of phenols is 1. The number of aromatic nitrogens is 3. The minimum atomic E-state index is -0.0233. The van der Waals surface area contributed by atoms with Gasteiger partial charge in [0.15, 0.2) is 0 Å². The molecule has 40 heavy (non-hydrogen) atoms. The Labute approximate surface area is 236 Å². The number of rotatable bonds is 5. The number of phenolic OH excluding ortho intramolecular Hbond substituents is 1. The lowest BCUT2D eigenvalue weighted by molar-refractivity contribution is 0.0741. The number of aryl methyl sites for hydroxylation is 1. The Bertz CT molecular complexity index is 1690. The van der Waals surface area contributed by atoms with Crippen LogP contribution in [0.4, 0.5) is 17.3 Å². The maximum Gasteiger partial charge on any atom is 0.272 e. The van der Waals surface area contributed by atoms with Gasteiger partial charge in [0.2, 0.25) is 5.95 Å². The molecule has 0 radical (unpaired) electrons. The van der Waals surface area contributed by atoms with Gasteiger partial charge in [-0.25, -0.2) is 9.97 Å². The summed E-state index contributed by atoms with van der Waals surface area (Å²) in [5.41, 5.74) is 5.94. The highest BCUT2D eigenvalue weighted by atomic mass is 35.5. The van der Waals surface area contributed by atoms with E-state index in [1.54, 1.807) is 36.7 Å². The van der Waals surface area contributed by atoms with Crippen LogP contribution in [0.1, 0.15) is 16.1 Å². The second-order valence-corrected chi connectivity index (χ2v) is 10.2. The Hall–Kier alpha value is -4.69. The summed E-state index contributed by atoms with van der Waals surface area (Å²) >= 11 is 6.38. The van der Waals surface area contributed by atoms with Crippen LogP contribution in [0.25, 0.3) is 22.0 Å². The summed E-state index contributed by atoms with van der Waals surface area (Å²) in [6.45, 7) is 4.82. The van der Waals surface area contributed by atoms with E-state index in [4.69, 9.17) is 16.6 Å². The first-order valence-electron chi connectivity index (χ1n) is 13.0. The first-order valence-corrected chi connectivity index (χ1v) is 13.4. The van der Waals surface area contributed by atoms with E-state index in [1.807, 2.05) is 48.2 Å². The molecule has 0 spiro atoms. The number of nitrogens with one attached hydrogen (secondary N) is 1. The van der Waals surface area contributed by atoms with Crippen LogP contribution in [0.3, 0.4) is 0 Å². The second kappa shape index (κ2) is 10.8. The standard InChI is InChI=1S/C31H27ClN6O2/c1-20-16-21(26-18-25(39)9-10-27(26)32)17-22-19-34-31(36-29(20)22)35-23-5-7-24(8-6-23)37-12-14-38(15-13-37)30(40)28-4-2-3-11-33-28/h2-11,16-19,39H,12-15H2,1H3,(H,34,35,36). The number of nitrogens with zero attached hydrogens (tertiary/aromatic N) is 5. The molecular formula is C31H27ClN6O2. The molecule has 0 bridgehead atoms. The van der Waals surface area contributed by atoms with Gasteiger partial charge in [-0.05, 0) is 84.8 Å². The van der Waals surface area contributed by atoms with Crippen molar-refractivity contribution in [3.8, 4) is 16.9 Å². The molecule has 5 aromatic rings. The average Bonchev–Trinajstić information content (AvgIpc) is 2.99. The normalized spacial score (nSPS) is 13.4. The third kappa shape index (κ3) is 5.26. The molecule has 8 nitrogen and oxygen atoms in total. The molecule has 1 aliphatic rings. The molecule has 1 saturated heterocycles. The number of benzene rings is 3. The summed E-state index contributed by atoms with van der Waals surface area (Å²) in [5.74, 6) is 0.648. The van der Waals surface area contributed by atoms with E-state index in [9.17, 15) is 9.90 Å². The molecule has 1 amide bonds. The van der Waals surface area contributed by atoms with Crippen LogP contribution in [-0.2, 0) is 0 Å². The van der Waals surface area contributed by atoms with Gasteiger partial charge in [0.05, 0.1) is 5.52 Å². The summed E-state index contributed by atoms with van der Waals surface area (Å²) in [4.78, 5) is 30.3. The van der Waals surface area contributed by atoms with Crippen molar-refractivity contribution in [2.45, 2.75) is 6.92 Å². The number of pyridine rings is 1. The molecular weight excluding hydrogens is 524 g/mol. The summed E-state index contributed by atoms with van der Waals surface area (Å²) in [7, 11) is 0. The fraction of sp³-hybridized carbons (Fsp3) is 0.161. The zero-order chi connectivity index (χ0) is 27.6. The predicted molar refractivity (Wildman–Crippen MR) is 158 cm³/mol. The van der Waals surface area contributed by atoms with Crippen LogP contribution >= 0.6 is 11.6 Å². The van der Waals surface area contributed by atoms with Gasteiger partial charge in [0.25, 0.3) is 5.91 Å². The van der Waals surface area contributed by atoms with Gasteiger partial charge >= 0.3 is 0 Å². The van der Waals surface area contributed by atoms with E-state index in [2.05, 4.69) is 32.3 Å². The number of hydrogen-bond donors (Lipinski definition) is 2. The van der Waals surface area contributed by atoms with E-state index >= 15 is 0 Å². The first kappa shape index (κ1) is 25.6. The first-order chi connectivity index (χ1) is 19.4. The van der Waals surface area contributed by atoms with Gasteiger partial charge in [-0.15, -0.1) is 0 Å². The van der Waals surface area contributed by atoms with Gasteiger partial charge in [-0.3, -0.25) is 9.78 Å². The molecule has 0 atom stereocenters. The number of fused-ring (bicyclic) bond motifs is 1. The van der Waals surface area contributed by atoms with Crippen molar-refractivity contribution in [3.05, 3.63) is 101 Å². The molecule has 3 heterocycles. The minimum Gasteiger partial charge on any atom is -0.508 e. The maximum absolute atomic E-state index is 12.7. The quantitative estimate of drug-likeness (QED) is 0.274. The number of anilines is 3. The number of piperazine rings is 1. The number of halogens is 1. The highest BCUT2D eigenvalue weighted by Gasteiger charge is 2.23. The predicted octanol–water partition coefficient (Wildman–Crippen LogP) is 6.07. The number of carbonyl (C=O) groups is 1. The molecule has 200 valence electrons. The van der Waals surface area contributed by atoms with Crippen LogP contribution in [0.15, 0.2) is 85.2 Å². The van der Waals surface area contributed by atoms with Crippen molar-refractivity contribution < 1.29 is 9.90 Å². The minimum absolute atomic E-state index is 0.0233. The van der Waals surface area contributed by atoms with Gasteiger partial charge in [0.1, 0.15) is 11.4 Å². The molecule has 9 heteroatoms. The number of aromatic hydroxyl groups is 1. The fourth-order valence-corrected chi connectivity index (χ4v) is 5.20. The van der Waals surface area contributed by atoms with E-state index in [0.717, 1.165) is 52.1 Å². The number of hydrogen-bond acceptors (Lipinski definition) is 7.